The Morgan fingerprint density at radius 1 is 0.500 bits per heavy atom. The molecule has 42 heavy (non-hydrogen) atoms. The quantitative estimate of drug-likeness (QED) is 0.200. The third kappa shape index (κ3) is 7.06. The van der Waals surface area contributed by atoms with E-state index in [-0.39, 0.29) is 5.41 Å². The smallest absolute Gasteiger partial charge is 0.0704 e. The van der Waals surface area contributed by atoms with E-state index >= 15 is 0 Å². The van der Waals surface area contributed by atoms with Crippen molar-refractivity contribution in [1.29, 1.82) is 0 Å². The fraction of sp³-hybridized carbons (Fsp3) is 0.263. The van der Waals surface area contributed by atoms with Gasteiger partial charge in [-0.25, -0.2) is 0 Å². The minimum atomic E-state index is 0.00202. The number of hydrogen-bond acceptors (Lipinski definition) is 4. The summed E-state index contributed by atoms with van der Waals surface area (Å²) < 4.78 is 0. The Hall–Kier alpha value is -4.44. The summed E-state index contributed by atoms with van der Waals surface area (Å²) in [5.41, 5.74) is 12.3. The van der Waals surface area contributed by atoms with Gasteiger partial charge < -0.3 is 10.6 Å². The van der Waals surface area contributed by atoms with E-state index in [0.29, 0.717) is 11.8 Å². The fourth-order valence-corrected chi connectivity index (χ4v) is 4.91. The van der Waals surface area contributed by atoms with Crippen molar-refractivity contribution in [3.8, 4) is 22.5 Å². The molecule has 2 aromatic heterocycles. The summed E-state index contributed by atoms with van der Waals surface area (Å²) in [6.45, 7) is 15.6. The molecule has 0 spiro atoms. The molecule has 0 radical (unpaired) electrons. The van der Waals surface area contributed by atoms with Crippen molar-refractivity contribution in [2.45, 2.75) is 65.7 Å². The summed E-state index contributed by atoms with van der Waals surface area (Å²) in [7, 11) is 0. The second kappa shape index (κ2) is 12.2. The molecule has 0 saturated carbocycles. The molecule has 0 bridgehead atoms. The lowest BCUT2D eigenvalue weighted by atomic mass is 9.86. The topological polar surface area (TPSA) is 49.8 Å². The molecule has 2 heterocycles. The largest absolute Gasteiger partial charge is 0.355 e. The van der Waals surface area contributed by atoms with Gasteiger partial charge in [-0.05, 0) is 101 Å². The molecule has 5 aromatic rings. The van der Waals surface area contributed by atoms with Crippen LogP contribution in [0.2, 0.25) is 0 Å². The molecule has 2 N–H and O–H groups in total. The molecular weight excluding hydrogens is 512 g/mol. The molecule has 214 valence electrons. The van der Waals surface area contributed by atoms with Gasteiger partial charge in [0.15, 0.2) is 0 Å². The average Bonchev–Trinajstić information content (AvgIpc) is 2.97. The molecule has 0 aliphatic carbocycles. The van der Waals surface area contributed by atoms with Crippen molar-refractivity contribution in [3.63, 3.8) is 0 Å². The van der Waals surface area contributed by atoms with E-state index in [4.69, 9.17) is 0 Å². The molecule has 0 saturated heterocycles. The molecule has 0 unspecified atom stereocenters. The second-order valence-corrected chi connectivity index (χ2v) is 12.7. The van der Waals surface area contributed by atoms with Crippen molar-refractivity contribution in [2.75, 3.05) is 10.6 Å². The van der Waals surface area contributed by atoms with Crippen molar-refractivity contribution in [3.05, 3.63) is 120 Å². The summed E-state index contributed by atoms with van der Waals surface area (Å²) in [5.74, 6) is 0.949. The van der Waals surface area contributed by atoms with E-state index in [9.17, 15) is 0 Å². The molecule has 0 aliphatic heterocycles. The highest BCUT2D eigenvalue weighted by Gasteiger charge is 2.16. The number of pyridine rings is 2. The monoisotopic (exact) mass is 554 g/mol. The van der Waals surface area contributed by atoms with Crippen LogP contribution < -0.4 is 10.6 Å². The Morgan fingerprint density at radius 3 is 1.26 bits per heavy atom. The zero-order valence-electron chi connectivity index (χ0n) is 25.9. The van der Waals surface area contributed by atoms with Crippen LogP contribution >= 0.6 is 0 Å². The van der Waals surface area contributed by atoms with Crippen LogP contribution in [-0.4, -0.2) is 9.97 Å². The van der Waals surface area contributed by atoms with Crippen LogP contribution in [0.25, 0.3) is 22.5 Å². The molecule has 3 aromatic carbocycles. The van der Waals surface area contributed by atoms with Gasteiger partial charge in [-0.3, -0.25) is 9.97 Å². The maximum atomic E-state index is 4.60. The van der Waals surface area contributed by atoms with Gasteiger partial charge in [0, 0.05) is 46.3 Å². The maximum absolute atomic E-state index is 4.60. The highest BCUT2D eigenvalue weighted by atomic mass is 14.9. The molecule has 5 rings (SSSR count). The number of nitrogens with one attached hydrogen (secondary N) is 2. The normalized spacial score (nSPS) is 11.6. The molecule has 4 heteroatoms. The lowest BCUT2D eigenvalue weighted by Crippen LogP contribution is -2.12. The van der Waals surface area contributed by atoms with Gasteiger partial charge in [-0.2, -0.15) is 0 Å². The molecular formula is C38H42N4. The highest BCUT2D eigenvalue weighted by molar-refractivity contribution is 5.73. The summed E-state index contributed by atoms with van der Waals surface area (Å²) in [6.07, 6.45) is 3.80. The first kappa shape index (κ1) is 29.1. The number of hydrogen-bond donors (Lipinski definition) is 2. The minimum Gasteiger partial charge on any atom is -0.355 e. The van der Waals surface area contributed by atoms with Crippen LogP contribution in [0.3, 0.4) is 0 Å². The Morgan fingerprint density at radius 2 is 0.905 bits per heavy atom. The Labute approximate surface area is 251 Å². The number of benzene rings is 3. The summed E-state index contributed by atoms with van der Waals surface area (Å²) in [4.78, 5) is 9.19. The number of anilines is 4. The fourth-order valence-electron chi connectivity index (χ4n) is 4.91. The van der Waals surface area contributed by atoms with Gasteiger partial charge in [-0.15, -0.1) is 0 Å². The van der Waals surface area contributed by atoms with E-state index in [0.717, 1.165) is 45.3 Å². The van der Waals surface area contributed by atoms with E-state index in [2.05, 4.69) is 160 Å². The van der Waals surface area contributed by atoms with Crippen LogP contribution in [0.1, 0.15) is 77.0 Å². The SMILES string of the molecule is CC(C)c1ccnc(-c2ccc(Nc3cc(Nc4ccc(-c5cc(C(C)C)ccn5)cc4)cc(C(C)(C)C)c3)cc2)c1. The molecule has 0 amide bonds. The lowest BCUT2D eigenvalue weighted by Gasteiger charge is -2.22. The Bertz CT molecular complexity index is 1530. The number of nitrogens with zero attached hydrogens (tertiary/aromatic N) is 2. The first-order chi connectivity index (χ1) is 20.0. The van der Waals surface area contributed by atoms with E-state index in [1.807, 2.05) is 12.4 Å². The van der Waals surface area contributed by atoms with Crippen molar-refractivity contribution in [2.24, 2.45) is 0 Å². The molecule has 0 fully saturated rings. The zero-order valence-corrected chi connectivity index (χ0v) is 25.9. The van der Waals surface area contributed by atoms with Crippen molar-refractivity contribution in [1.82, 2.24) is 9.97 Å². The second-order valence-electron chi connectivity index (χ2n) is 12.7. The van der Waals surface area contributed by atoms with Crippen LogP contribution in [0, 0.1) is 0 Å². The summed E-state index contributed by atoms with van der Waals surface area (Å²) in [6, 6.07) is 32.2. The first-order valence-corrected chi connectivity index (χ1v) is 14.9. The molecule has 0 aliphatic rings. The maximum Gasteiger partial charge on any atom is 0.0704 e. The van der Waals surface area contributed by atoms with Gasteiger partial charge in [0.05, 0.1) is 11.4 Å². The van der Waals surface area contributed by atoms with E-state index in [1.165, 1.54) is 16.7 Å². The average molecular weight is 555 g/mol. The van der Waals surface area contributed by atoms with Gasteiger partial charge in [0.2, 0.25) is 0 Å². The molecule has 4 nitrogen and oxygen atoms in total. The predicted octanol–water partition coefficient (Wildman–Crippen LogP) is 10.8. The predicted molar refractivity (Wildman–Crippen MR) is 179 cm³/mol. The van der Waals surface area contributed by atoms with E-state index < -0.39 is 0 Å². The van der Waals surface area contributed by atoms with Crippen LogP contribution in [0.4, 0.5) is 22.7 Å². The van der Waals surface area contributed by atoms with Gasteiger partial charge in [0.25, 0.3) is 0 Å². The zero-order chi connectivity index (χ0) is 29.9. The van der Waals surface area contributed by atoms with Gasteiger partial charge in [0.1, 0.15) is 0 Å². The first-order valence-electron chi connectivity index (χ1n) is 14.9. The van der Waals surface area contributed by atoms with E-state index in [1.54, 1.807) is 0 Å². The Kier molecular flexibility index (Phi) is 8.44. The van der Waals surface area contributed by atoms with Crippen molar-refractivity contribution < 1.29 is 0 Å². The third-order valence-corrected chi connectivity index (χ3v) is 7.64. The third-order valence-electron chi connectivity index (χ3n) is 7.64. The minimum absolute atomic E-state index is 0.00202. The Balaban J connectivity index is 1.36. The highest BCUT2D eigenvalue weighted by Crippen LogP contribution is 2.33. The standard InChI is InChI=1S/C38H42N4/c1-25(2)29-16-18-39-36(20-29)27-8-12-32(13-9-27)41-34-22-31(38(5,6)7)23-35(24-34)42-33-14-10-28(11-15-33)37-21-30(26(3)4)17-19-40-37/h8-26,41-42H,1-7H3. The van der Waals surface area contributed by atoms with Crippen LogP contribution in [-0.2, 0) is 5.41 Å². The lowest BCUT2D eigenvalue weighted by molar-refractivity contribution is 0.591. The van der Waals surface area contributed by atoms with Gasteiger partial charge >= 0.3 is 0 Å². The number of rotatable bonds is 8. The summed E-state index contributed by atoms with van der Waals surface area (Å²) in [5, 5.41) is 7.25. The van der Waals surface area contributed by atoms with Crippen molar-refractivity contribution >= 4 is 22.7 Å². The molecule has 0 atom stereocenters. The van der Waals surface area contributed by atoms with Crippen LogP contribution in [0.5, 0.6) is 0 Å². The number of aromatic nitrogens is 2. The van der Waals surface area contributed by atoms with Crippen LogP contribution in [0.15, 0.2) is 103 Å². The van der Waals surface area contributed by atoms with Gasteiger partial charge in [-0.1, -0.05) is 72.7 Å². The summed E-state index contributed by atoms with van der Waals surface area (Å²) >= 11 is 0.